The van der Waals surface area contributed by atoms with Gasteiger partial charge in [-0.1, -0.05) is 6.07 Å². The Hall–Kier alpha value is -1.50. The van der Waals surface area contributed by atoms with E-state index in [1.807, 2.05) is 0 Å². The van der Waals surface area contributed by atoms with Crippen LogP contribution in [0.25, 0.3) is 0 Å². The van der Waals surface area contributed by atoms with Crippen molar-refractivity contribution in [2.45, 2.75) is 44.8 Å². The number of hydrogen-bond donors (Lipinski definition) is 4. The maximum absolute atomic E-state index is 14.0. The van der Waals surface area contributed by atoms with Crippen LogP contribution in [-0.2, 0) is 16.9 Å². The predicted molar refractivity (Wildman–Crippen MR) is 91.7 cm³/mol. The Morgan fingerprint density at radius 1 is 1.50 bits per heavy atom. The van der Waals surface area contributed by atoms with Crippen LogP contribution in [0.1, 0.15) is 43.7 Å². The number of hydrogen-bond acceptors (Lipinski definition) is 4. The molecule has 5 nitrogen and oxygen atoms in total. The molecule has 0 aromatic heterocycles. The summed E-state index contributed by atoms with van der Waals surface area (Å²) in [6.07, 6.45) is 2.96. The van der Waals surface area contributed by atoms with E-state index in [4.69, 9.17) is 5.73 Å². The van der Waals surface area contributed by atoms with E-state index in [9.17, 15) is 14.3 Å². The van der Waals surface area contributed by atoms with Crippen LogP contribution in [0.5, 0.6) is 0 Å². The molecule has 0 radical (unpaired) electrons. The molecule has 2 rings (SSSR count). The number of aliphatic hydroxyl groups is 1. The van der Waals surface area contributed by atoms with Gasteiger partial charge < -0.3 is 21.5 Å². The molecule has 1 aliphatic rings. The van der Waals surface area contributed by atoms with Crippen molar-refractivity contribution in [2.75, 3.05) is 19.6 Å². The summed E-state index contributed by atoms with van der Waals surface area (Å²) < 4.78 is 14.0. The van der Waals surface area contributed by atoms with Crippen LogP contribution >= 0.6 is 0 Å². The molecule has 0 saturated carbocycles. The number of halogens is 1. The molecule has 0 spiro atoms. The molecule has 24 heavy (non-hydrogen) atoms. The van der Waals surface area contributed by atoms with E-state index in [0.717, 1.165) is 19.4 Å². The molecule has 1 heterocycles. The molecule has 1 aromatic carbocycles. The van der Waals surface area contributed by atoms with Crippen molar-refractivity contribution in [1.82, 2.24) is 10.6 Å². The highest BCUT2D eigenvalue weighted by Gasteiger charge is 2.39. The zero-order valence-corrected chi connectivity index (χ0v) is 14.3. The second-order valence-electron chi connectivity index (χ2n) is 6.61. The van der Waals surface area contributed by atoms with Crippen molar-refractivity contribution in [3.63, 3.8) is 0 Å². The Kier molecular flexibility index (Phi) is 6.71. The zero-order valence-electron chi connectivity index (χ0n) is 14.3. The molecular formula is C18H28FN3O2. The molecule has 5 N–H and O–H groups in total. The van der Waals surface area contributed by atoms with Gasteiger partial charge in [0.25, 0.3) is 0 Å². The van der Waals surface area contributed by atoms with Crippen LogP contribution in [0.15, 0.2) is 18.2 Å². The Morgan fingerprint density at radius 2 is 2.29 bits per heavy atom. The number of rotatable bonds is 7. The largest absolute Gasteiger partial charge is 0.385 e. The summed E-state index contributed by atoms with van der Waals surface area (Å²) in [5.41, 5.74) is 5.79. The van der Waals surface area contributed by atoms with Crippen molar-refractivity contribution in [2.24, 2.45) is 11.7 Å². The molecular weight excluding hydrogens is 309 g/mol. The standard InChI is InChI=1S/C18H28FN3O2/c1-13(23)22-7-3-5-18(24,15-4-2-6-21-12-15)16-8-14(11-20)9-17(19)10-16/h8-10,15,21,24H,2-7,11-12,20H2,1H3,(H,22,23)/t15-,18?/m1/s1. The summed E-state index contributed by atoms with van der Waals surface area (Å²) in [4.78, 5) is 11.0. The number of amides is 1. The second-order valence-corrected chi connectivity index (χ2v) is 6.61. The van der Waals surface area contributed by atoms with Gasteiger partial charge in [-0.15, -0.1) is 0 Å². The van der Waals surface area contributed by atoms with E-state index in [1.165, 1.54) is 19.1 Å². The molecule has 1 aromatic rings. The fourth-order valence-corrected chi connectivity index (χ4v) is 3.48. The van der Waals surface area contributed by atoms with Crippen LogP contribution in [0, 0.1) is 11.7 Å². The summed E-state index contributed by atoms with van der Waals surface area (Å²) in [7, 11) is 0. The van der Waals surface area contributed by atoms with Gasteiger partial charge in [-0.25, -0.2) is 4.39 Å². The molecule has 1 unspecified atom stereocenters. The fourth-order valence-electron chi connectivity index (χ4n) is 3.48. The lowest BCUT2D eigenvalue weighted by molar-refractivity contribution is -0.119. The smallest absolute Gasteiger partial charge is 0.216 e. The van der Waals surface area contributed by atoms with E-state index >= 15 is 0 Å². The summed E-state index contributed by atoms with van der Waals surface area (Å²) in [6, 6.07) is 4.61. The van der Waals surface area contributed by atoms with Crippen LogP contribution in [0.2, 0.25) is 0 Å². The highest BCUT2D eigenvalue weighted by Crippen LogP contribution is 2.38. The van der Waals surface area contributed by atoms with Gasteiger partial charge >= 0.3 is 0 Å². The SMILES string of the molecule is CC(=O)NCCCC(O)(c1cc(F)cc(CN)c1)[C@@H]1CCCNC1. The first-order valence-electron chi connectivity index (χ1n) is 8.63. The second kappa shape index (κ2) is 8.55. The van der Waals surface area contributed by atoms with Crippen LogP contribution < -0.4 is 16.4 Å². The van der Waals surface area contributed by atoms with Crippen molar-refractivity contribution in [1.29, 1.82) is 0 Å². The first-order chi connectivity index (χ1) is 11.5. The quantitative estimate of drug-likeness (QED) is 0.566. The average molecular weight is 337 g/mol. The molecule has 0 aliphatic carbocycles. The number of carbonyl (C=O) groups is 1. The van der Waals surface area contributed by atoms with E-state index in [-0.39, 0.29) is 24.2 Å². The predicted octanol–water partition coefficient (Wildman–Crippen LogP) is 1.39. The summed E-state index contributed by atoms with van der Waals surface area (Å²) >= 11 is 0. The highest BCUT2D eigenvalue weighted by atomic mass is 19.1. The average Bonchev–Trinajstić information content (AvgIpc) is 2.58. The third-order valence-corrected chi connectivity index (χ3v) is 4.77. The lowest BCUT2D eigenvalue weighted by Crippen LogP contribution is -2.44. The van der Waals surface area contributed by atoms with Gasteiger partial charge in [0.2, 0.25) is 5.91 Å². The normalized spacial score (nSPS) is 20.4. The van der Waals surface area contributed by atoms with E-state index in [2.05, 4.69) is 10.6 Å². The van der Waals surface area contributed by atoms with Gasteiger partial charge in [0.05, 0.1) is 5.60 Å². The first-order valence-corrected chi connectivity index (χ1v) is 8.63. The minimum atomic E-state index is -1.13. The van der Waals surface area contributed by atoms with Crippen LogP contribution in [0.3, 0.4) is 0 Å². The van der Waals surface area contributed by atoms with Gasteiger partial charge in [-0.05, 0) is 55.5 Å². The number of nitrogens with one attached hydrogen (secondary N) is 2. The molecule has 134 valence electrons. The fraction of sp³-hybridized carbons (Fsp3) is 0.611. The Balaban J connectivity index is 2.23. The van der Waals surface area contributed by atoms with Gasteiger partial charge in [0.15, 0.2) is 0 Å². The van der Waals surface area contributed by atoms with Gasteiger partial charge in [0, 0.05) is 32.5 Å². The first kappa shape index (κ1) is 18.8. The maximum Gasteiger partial charge on any atom is 0.216 e. The summed E-state index contributed by atoms with van der Waals surface area (Å²) in [5, 5.41) is 17.5. The highest BCUT2D eigenvalue weighted by molar-refractivity contribution is 5.72. The minimum Gasteiger partial charge on any atom is -0.385 e. The van der Waals surface area contributed by atoms with Gasteiger partial charge in [-0.3, -0.25) is 4.79 Å². The lowest BCUT2D eigenvalue weighted by atomic mass is 9.74. The lowest BCUT2D eigenvalue weighted by Gasteiger charge is -2.39. The molecule has 1 amide bonds. The molecule has 2 atom stereocenters. The molecule has 1 fully saturated rings. The van der Waals surface area contributed by atoms with E-state index in [0.29, 0.717) is 37.1 Å². The number of nitrogens with two attached hydrogens (primary N) is 1. The van der Waals surface area contributed by atoms with Crippen molar-refractivity contribution in [3.8, 4) is 0 Å². The topological polar surface area (TPSA) is 87.4 Å². The van der Waals surface area contributed by atoms with Gasteiger partial charge in [0.1, 0.15) is 5.82 Å². The molecule has 6 heteroatoms. The number of piperidine rings is 1. The zero-order chi connectivity index (χ0) is 17.6. The van der Waals surface area contributed by atoms with E-state index in [1.54, 1.807) is 6.07 Å². The van der Waals surface area contributed by atoms with Crippen molar-refractivity contribution < 1.29 is 14.3 Å². The van der Waals surface area contributed by atoms with Crippen LogP contribution in [0.4, 0.5) is 4.39 Å². The van der Waals surface area contributed by atoms with Crippen LogP contribution in [-0.4, -0.2) is 30.6 Å². The Labute approximate surface area is 142 Å². The van der Waals surface area contributed by atoms with E-state index < -0.39 is 5.60 Å². The summed E-state index contributed by atoms with van der Waals surface area (Å²) in [5.74, 6) is -0.456. The number of carbonyl (C=O) groups excluding carboxylic acids is 1. The molecule has 1 aliphatic heterocycles. The number of benzene rings is 1. The van der Waals surface area contributed by atoms with Crippen molar-refractivity contribution >= 4 is 5.91 Å². The minimum absolute atomic E-state index is 0.0102. The third kappa shape index (κ3) is 4.75. The maximum atomic E-state index is 14.0. The Morgan fingerprint density at radius 3 is 2.92 bits per heavy atom. The third-order valence-electron chi connectivity index (χ3n) is 4.77. The monoisotopic (exact) mass is 337 g/mol. The van der Waals surface area contributed by atoms with Crippen molar-refractivity contribution in [3.05, 3.63) is 35.1 Å². The molecule has 1 saturated heterocycles. The molecule has 0 bridgehead atoms. The summed E-state index contributed by atoms with van der Waals surface area (Å²) in [6.45, 7) is 3.84. The van der Waals surface area contributed by atoms with Gasteiger partial charge in [-0.2, -0.15) is 0 Å². The Bertz CT molecular complexity index is 561.